The molecule has 2 saturated heterocycles. The molecule has 0 saturated carbocycles. The van der Waals surface area contributed by atoms with Crippen LogP contribution in [0.4, 0.5) is 0 Å². The summed E-state index contributed by atoms with van der Waals surface area (Å²) in [4.78, 5) is 6.65. The van der Waals surface area contributed by atoms with E-state index in [1.54, 1.807) is 0 Å². The van der Waals surface area contributed by atoms with Gasteiger partial charge in [-0.1, -0.05) is 6.07 Å². The van der Waals surface area contributed by atoms with Crippen molar-refractivity contribution < 1.29 is 9.47 Å². The minimum Gasteiger partial charge on any atom is -0.350 e. The smallest absolute Gasteiger partial charge is 0.160 e. The molecule has 0 unspecified atom stereocenters. The first kappa shape index (κ1) is 12.1. The third-order valence-electron chi connectivity index (χ3n) is 3.79. The van der Waals surface area contributed by atoms with Crippen molar-refractivity contribution in [1.29, 1.82) is 0 Å². The summed E-state index contributed by atoms with van der Waals surface area (Å²) in [6.45, 7) is 4.79. The van der Waals surface area contributed by atoms with Crippen molar-refractivity contribution in [3.8, 4) is 0 Å². The molecule has 3 heterocycles. The van der Waals surface area contributed by atoms with Gasteiger partial charge in [-0.25, -0.2) is 0 Å². The number of aromatic nitrogens is 1. The molecule has 0 atom stereocenters. The van der Waals surface area contributed by atoms with Crippen LogP contribution >= 0.6 is 0 Å². The molecule has 0 spiro atoms. The molecule has 1 aromatic rings. The normalized spacial score (nSPS) is 23.6. The summed E-state index contributed by atoms with van der Waals surface area (Å²) >= 11 is 0. The van der Waals surface area contributed by atoms with Gasteiger partial charge in [0.05, 0.1) is 13.2 Å². The van der Waals surface area contributed by atoms with Gasteiger partial charge in [0.15, 0.2) is 6.29 Å². The molecular weight excluding hydrogens is 228 g/mol. The van der Waals surface area contributed by atoms with Gasteiger partial charge in [0.2, 0.25) is 0 Å². The molecule has 3 rings (SSSR count). The Morgan fingerprint density at radius 1 is 1.22 bits per heavy atom. The standard InChI is InChI=1S/C14H20N2O2/c1-2-12(10-15-5-1)11-16-6-3-13(4-7-16)14-17-8-9-18-14/h1-2,5,10,13-14H,3-4,6-9,11H2. The van der Waals surface area contributed by atoms with Crippen LogP contribution in [0, 0.1) is 5.92 Å². The summed E-state index contributed by atoms with van der Waals surface area (Å²) in [5, 5.41) is 0. The van der Waals surface area contributed by atoms with Gasteiger partial charge >= 0.3 is 0 Å². The van der Waals surface area contributed by atoms with Crippen molar-refractivity contribution in [2.24, 2.45) is 5.92 Å². The van der Waals surface area contributed by atoms with E-state index in [4.69, 9.17) is 9.47 Å². The number of likely N-dealkylation sites (tertiary alicyclic amines) is 1. The number of nitrogens with zero attached hydrogens (tertiary/aromatic N) is 2. The molecule has 4 nitrogen and oxygen atoms in total. The average molecular weight is 248 g/mol. The zero-order chi connectivity index (χ0) is 12.2. The van der Waals surface area contributed by atoms with E-state index in [0.717, 1.165) is 32.8 Å². The number of ether oxygens (including phenoxy) is 2. The molecule has 0 radical (unpaired) electrons. The van der Waals surface area contributed by atoms with Crippen LogP contribution < -0.4 is 0 Å². The number of pyridine rings is 1. The monoisotopic (exact) mass is 248 g/mol. The minimum absolute atomic E-state index is 0.0607. The highest BCUT2D eigenvalue weighted by atomic mass is 16.7. The molecule has 0 aliphatic carbocycles. The molecule has 18 heavy (non-hydrogen) atoms. The number of piperidine rings is 1. The van der Waals surface area contributed by atoms with Gasteiger partial charge in [-0.2, -0.15) is 0 Å². The van der Waals surface area contributed by atoms with Crippen LogP contribution in [0.15, 0.2) is 24.5 Å². The van der Waals surface area contributed by atoms with Gasteiger partial charge < -0.3 is 9.47 Å². The van der Waals surface area contributed by atoms with Crippen molar-refractivity contribution in [3.05, 3.63) is 30.1 Å². The number of rotatable bonds is 3. The Morgan fingerprint density at radius 2 is 2.00 bits per heavy atom. The van der Waals surface area contributed by atoms with Crippen LogP contribution in [0.5, 0.6) is 0 Å². The van der Waals surface area contributed by atoms with E-state index < -0.39 is 0 Å². The van der Waals surface area contributed by atoms with E-state index in [0.29, 0.717) is 5.92 Å². The summed E-state index contributed by atoms with van der Waals surface area (Å²) in [7, 11) is 0. The molecule has 2 fully saturated rings. The van der Waals surface area contributed by atoms with E-state index in [2.05, 4.69) is 16.0 Å². The molecule has 0 N–H and O–H groups in total. The van der Waals surface area contributed by atoms with Crippen molar-refractivity contribution >= 4 is 0 Å². The Bertz CT molecular complexity index is 357. The van der Waals surface area contributed by atoms with Crippen LogP contribution in [0.25, 0.3) is 0 Å². The predicted molar refractivity (Wildman–Crippen MR) is 67.9 cm³/mol. The van der Waals surface area contributed by atoms with E-state index >= 15 is 0 Å². The fraction of sp³-hybridized carbons (Fsp3) is 0.643. The predicted octanol–water partition coefficient (Wildman–Crippen LogP) is 1.67. The Kier molecular flexibility index (Phi) is 3.88. The second-order valence-corrected chi connectivity index (χ2v) is 5.08. The number of hydrogen-bond acceptors (Lipinski definition) is 4. The fourth-order valence-electron chi connectivity index (χ4n) is 2.78. The Hall–Kier alpha value is -0.970. The summed E-state index contributed by atoms with van der Waals surface area (Å²) < 4.78 is 11.2. The zero-order valence-electron chi connectivity index (χ0n) is 10.6. The first-order valence-electron chi connectivity index (χ1n) is 6.76. The first-order chi connectivity index (χ1) is 8.92. The van der Waals surface area contributed by atoms with E-state index in [-0.39, 0.29) is 6.29 Å². The van der Waals surface area contributed by atoms with Gasteiger partial charge in [0.25, 0.3) is 0 Å². The maximum Gasteiger partial charge on any atom is 0.160 e. The van der Waals surface area contributed by atoms with Gasteiger partial charge in [-0.3, -0.25) is 9.88 Å². The quantitative estimate of drug-likeness (QED) is 0.815. The summed E-state index contributed by atoms with van der Waals surface area (Å²) in [5.41, 5.74) is 1.30. The van der Waals surface area contributed by atoms with Gasteiger partial charge in [0, 0.05) is 24.9 Å². The van der Waals surface area contributed by atoms with Gasteiger partial charge in [-0.05, 0) is 37.6 Å². The van der Waals surface area contributed by atoms with Crippen LogP contribution in [-0.2, 0) is 16.0 Å². The van der Waals surface area contributed by atoms with Crippen molar-refractivity contribution in [2.45, 2.75) is 25.7 Å². The molecule has 2 aliphatic rings. The molecule has 1 aromatic heterocycles. The van der Waals surface area contributed by atoms with Crippen LogP contribution in [0.1, 0.15) is 18.4 Å². The van der Waals surface area contributed by atoms with Gasteiger partial charge in [0.1, 0.15) is 0 Å². The lowest BCUT2D eigenvalue weighted by Crippen LogP contribution is -2.37. The molecular formula is C14H20N2O2. The second-order valence-electron chi connectivity index (χ2n) is 5.08. The lowest BCUT2D eigenvalue weighted by Gasteiger charge is -2.33. The molecule has 4 heteroatoms. The van der Waals surface area contributed by atoms with Crippen LogP contribution in [0.3, 0.4) is 0 Å². The maximum absolute atomic E-state index is 5.60. The third kappa shape index (κ3) is 2.88. The van der Waals surface area contributed by atoms with Crippen LogP contribution in [0.2, 0.25) is 0 Å². The van der Waals surface area contributed by atoms with E-state index in [1.807, 2.05) is 18.5 Å². The third-order valence-corrected chi connectivity index (χ3v) is 3.79. The van der Waals surface area contributed by atoms with Gasteiger partial charge in [-0.15, -0.1) is 0 Å². The SMILES string of the molecule is c1cncc(CN2CCC(C3OCCO3)CC2)c1. The zero-order valence-corrected chi connectivity index (χ0v) is 10.6. The highest BCUT2D eigenvalue weighted by Crippen LogP contribution is 2.26. The molecule has 0 bridgehead atoms. The van der Waals surface area contributed by atoms with Crippen LogP contribution in [-0.4, -0.2) is 42.5 Å². The Balaban J connectivity index is 1.48. The van der Waals surface area contributed by atoms with Crippen molar-refractivity contribution in [3.63, 3.8) is 0 Å². The minimum atomic E-state index is 0.0607. The highest BCUT2D eigenvalue weighted by Gasteiger charge is 2.30. The topological polar surface area (TPSA) is 34.6 Å². The highest BCUT2D eigenvalue weighted by molar-refractivity contribution is 5.08. The molecule has 2 aliphatic heterocycles. The lowest BCUT2D eigenvalue weighted by atomic mass is 9.96. The molecule has 0 amide bonds. The first-order valence-corrected chi connectivity index (χ1v) is 6.76. The second kappa shape index (κ2) is 5.78. The summed E-state index contributed by atoms with van der Waals surface area (Å²) in [5.74, 6) is 0.581. The maximum atomic E-state index is 5.60. The fourth-order valence-corrected chi connectivity index (χ4v) is 2.78. The van der Waals surface area contributed by atoms with Crippen molar-refractivity contribution in [1.82, 2.24) is 9.88 Å². The Labute approximate surface area is 108 Å². The largest absolute Gasteiger partial charge is 0.350 e. The Morgan fingerprint density at radius 3 is 2.67 bits per heavy atom. The van der Waals surface area contributed by atoms with E-state index in [9.17, 15) is 0 Å². The molecule has 0 aromatic carbocycles. The average Bonchev–Trinajstić information content (AvgIpc) is 2.95. The molecule has 98 valence electrons. The van der Waals surface area contributed by atoms with Crippen molar-refractivity contribution in [2.75, 3.05) is 26.3 Å². The summed E-state index contributed by atoms with van der Waals surface area (Å²) in [6.07, 6.45) is 6.18. The summed E-state index contributed by atoms with van der Waals surface area (Å²) in [6, 6.07) is 4.14. The number of hydrogen-bond donors (Lipinski definition) is 0. The lowest BCUT2D eigenvalue weighted by molar-refractivity contribution is -0.0977. The van der Waals surface area contributed by atoms with E-state index in [1.165, 1.54) is 18.4 Å².